The molecule has 3 rings (SSSR count). The number of nitrogens with zero attached hydrogens (tertiary/aromatic N) is 2. The molecule has 2 amide bonds. The number of benzene rings is 2. The van der Waals surface area contributed by atoms with E-state index in [0.29, 0.717) is 39.1 Å². The number of rotatable bonds is 7. The molecule has 0 unspecified atom stereocenters. The van der Waals surface area contributed by atoms with Crippen molar-refractivity contribution < 1.29 is 14.3 Å². The maximum atomic E-state index is 12.4. The zero-order chi connectivity index (χ0) is 19.1. The van der Waals surface area contributed by atoms with Gasteiger partial charge in [0, 0.05) is 45.0 Å². The van der Waals surface area contributed by atoms with Crippen molar-refractivity contribution in [2.24, 2.45) is 0 Å². The van der Waals surface area contributed by atoms with E-state index in [2.05, 4.69) is 22.3 Å². The molecule has 0 saturated carbocycles. The Kier molecular flexibility index (Phi) is 6.65. The summed E-state index contributed by atoms with van der Waals surface area (Å²) in [6, 6.07) is 14.2. The summed E-state index contributed by atoms with van der Waals surface area (Å²) < 4.78 is 5.91. The lowest BCUT2D eigenvalue weighted by Crippen LogP contribution is -2.50. The van der Waals surface area contributed by atoms with Gasteiger partial charge >= 0.3 is 0 Å². The SMILES string of the molecule is CNC(=O)CN1CCN(C(=O)CCCOc2cccc3ccccc23)CC1. The van der Waals surface area contributed by atoms with Crippen LogP contribution in [0.3, 0.4) is 0 Å². The zero-order valence-corrected chi connectivity index (χ0v) is 15.8. The molecule has 0 spiro atoms. The number of piperazine rings is 1. The van der Waals surface area contributed by atoms with Gasteiger partial charge in [0.2, 0.25) is 11.8 Å². The van der Waals surface area contributed by atoms with Gasteiger partial charge in [-0.15, -0.1) is 0 Å². The first-order chi connectivity index (χ1) is 13.2. The number of hydrogen-bond donors (Lipinski definition) is 1. The summed E-state index contributed by atoms with van der Waals surface area (Å²) in [5.74, 6) is 1.04. The van der Waals surface area contributed by atoms with Gasteiger partial charge in [-0.05, 0) is 17.9 Å². The number of ether oxygens (including phenoxy) is 1. The predicted octanol–water partition coefficient (Wildman–Crippen LogP) is 1.89. The van der Waals surface area contributed by atoms with Crippen molar-refractivity contribution in [2.45, 2.75) is 12.8 Å². The first kappa shape index (κ1) is 19.2. The average Bonchev–Trinajstić information content (AvgIpc) is 2.71. The predicted molar refractivity (Wildman–Crippen MR) is 106 cm³/mol. The Morgan fingerprint density at radius 1 is 1.04 bits per heavy atom. The van der Waals surface area contributed by atoms with Crippen molar-refractivity contribution in [1.82, 2.24) is 15.1 Å². The molecule has 1 N–H and O–H groups in total. The number of likely N-dealkylation sites (N-methyl/N-ethyl adjacent to an activating group) is 1. The number of fused-ring (bicyclic) bond motifs is 1. The Balaban J connectivity index is 1.39. The third-order valence-electron chi connectivity index (χ3n) is 4.91. The fourth-order valence-electron chi connectivity index (χ4n) is 3.32. The Bertz CT molecular complexity index is 780. The largest absolute Gasteiger partial charge is 0.493 e. The molecular formula is C21H27N3O3. The van der Waals surface area contributed by atoms with Crippen LogP contribution in [0, 0.1) is 0 Å². The van der Waals surface area contributed by atoms with Gasteiger partial charge in [0.1, 0.15) is 5.75 Å². The van der Waals surface area contributed by atoms with E-state index in [1.54, 1.807) is 7.05 Å². The Labute approximate surface area is 160 Å². The topological polar surface area (TPSA) is 61.9 Å². The fourth-order valence-corrected chi connectivity index (χ4v) is 3.32. The summed E-state index contributed by atoms with van der Waals surface area (Å²) in [6.07, 6.45) is 1.18. The number of carbonyl (C=O) groups excluding carboxylic acids is 2. The minimum atomic E-state index is 0.0142. The highest BCUT2D eigenvalue weighted by atomic mass is 16.5. The molecule has 0 atom stereocenters. The second-order valence-electron chi connectivity index (χ2n) is 6.76. The normalized spacial score (nSPS) is 14.9. The number of hydrogen-bond acceptors (Lipinski definition) is 4. The van der Waals surface area contributed by atoms with Crippen LogP contribution in [0.1, 0.15) is 12.8 Å². The van der Waals surface area contributed by atoms with Crippen molar-refractivity contribution in [3.63, 3.8) is 0 Å². The molecule has 1 saturated heterocycles. The molecule has 2 aromatic rings. The molecule has 1 aliphatic rings. The zero-order valence-electron chi connectivity index (χ0n) is 15.8. The Morgan fingerprint density at radius 3 is 2.56 bits per heavy atom. The lowest BCUT2D eigenvalue weighted by atomic mass is 10.1. The van der Waals surface area contributed by atoms with Crippen molar-refractivity contribution >= 4 is 22.6 Å². The van der Waals surface area contributed by atoms with Crippen molar-refractivity contribution in [3.05, 3.63) is 42.5 Å². The molecule has 2 aromatic carbocycles. The third kappa shape index (κ3) is 5.20. The van der Waals surface area contributed by atoms with Gasteiger partial charge in [-0.1, -0.05) is 36.4 Å². The molecular weight excluding hydrogens is 342 g/mol. The highest BCUT2D eigenvalue weighted by Crippen LogP contribution is 2.25. The third-order valence-corrected chi connectivity index (χ3v) is 4.91. The number of nitrogens with one attached hydrogen (secondary N) is 1. The Hall–Kier alpha value is -2.60. The van der Waals surface area contributed by atoms with Gasteiger partial charge in [0.25, 0.3) is 0 Å². The van der Waals surface area contributed by atoms with Gasteiger partial charge in [-0.2, -0.15) is 0 Å². The van der Waals surface area contributed by atoms with E-state index < -0.39 is 0 Å². The van der Waals surface area contributed by atoms with Crippen LogP contribution in [0.5, 0.6) is 5.75 Å². The molecule has 1 aliphatic heterocycles. The molecule has 27 heavy (non-hydrogen) atoms. The molecule has 0 aliphatic carbocycles. The molecule has 144 valence electrons. The van der Waals surface area contributed by atoms with Crippen LogP contribution in [0.15, 0.2) is 42.5 Å². The van der Waals surface area contributed by atoms with E-state index >= 15 is 0 Å². The molecule has 0 bridgehead atoms. The summed E-state index contributed by atoms with van der Waals surface area (Å²) >= 11 is 0. The van der Waals surface area contributed by atoms with Crippen molar-refractivity contribution in [1.29, 1.82) is 0 Å². The number of amides is 2. The quantitative estimate of drug-likeness (QED) is 0.757. The van der Waals surface area contributed by atoms with Crippen LogP contribution < -0.4 is 10.1 Å². The summed E-state index contributed by atoms with van der Waals surface area (Å²) in [4.78, 5) is 27.8. The van der Waals surface area contributed by atoms with Crippen LogP contribution >= 0.6 is 0 Å². The monoisotopic (exact) mass is 369 g/mol. The second-order valence-corrected chi connectivity index (χ2v) is 6.76. The van der Waals surface area contributed by atoms with Gasteiger partial charge < -0.3 is 15.0 Å². The summed E-state index contributed by atoms with van der Waals surface area (Å²) in [6.45, 7) is 3.77. The van der Waals surface area contributed by atoms with Crippen molar-refractivity contribution in [3.8, 4) is 5.75 Å². The Morgan fingerprint density at radius 2 is 1.78 bits per heavy atom. The average molecular weight is 369 g/mol. The molecule has 0 aromatic heterocycles. The lowest BCUT2D eigenvalue weighted by Gasteiger charge is -2.34. The van der Waals surface area contributed by atoms with E-state index in [1.807, 2.05) is 35.2 Å². The van der Waals surface area contributed by atoms with Gasteiger partial charge in [-0.3, -0.25) is 14.5 Å². The van der Waals surface area contributed by atoms with Gasteiger partial charge in [0.15, 0.2) is 0 Å². The molecule has 1 fully saturated rings. The van der Waals surface area contributed by atoms with E-state index in [9.17, 15) is 9.59 Å². The van der Waals surface area contributed by atoms with E-state index in [4.69, 9.17) is 4.74 Å². The van der Waals surface area contributed by atoms with E-state index in [1.165, 1.54) is 0 Å². The van der Waals surface area contributed by atoms with Gasteiger partial charge in [-0.25, -0.2) is 0 Å². The molecule has 0 radical (unpaired) electrons. The van der Waals surface area contributed by atoms with Crippen LogP contribution in [-0.4, -0.2) is 68.0 Å². The maximum absolute atomic E-state index is 12.4. The van der Waals surface area contributed by atoms with Crippen LogP contribution in [0.4, 0.5) is 0 Å². The van der Waals surface area contributed by atoms with Crippen LogP contribution in [0.25, 0.3) is 10.8 Å². The molecule has 6 nitrogen and oxygen atoms in total. The van der Waals surface area contributed by atoms with Crippen molar-refractivity contribution in [2.75, 3.05) is 46.4 Å². The van der Waals surface area contributed by atoms with Crippen LogP contribution in [0.2, 0.25) is 0 Å². The molecule has 1 heterocycles. The minimum Gasteiger partial charge on any atom is -0.493 e. The molecule has 6 heteroatoms. The highest BCUT2D eigenvalue weighted by Gasteiger charge is 2.21. The summed E-state index contributed by atoms with van der Waals surface area (Å²) in [7, 11) is 1.64. The smallest absolute Gasteiger partial charge is 0.233 e. The number of carbonyl (C=O) groups is 2. The minimum absolute atomic E-state index is 0.0142. The van der Waals surface area contributed by atoms with Crippen LogP contribution in [-0.2, 0) is 9.59 Å². The van der Waals surface area contributed by atoms with Gasteiger partial charge in [0.05, 0.1) is 13.2 Å². The highest BCUT2D eigenvalue weighted by molar-refractivity contribution is 5.88. The first-order valence-corrected chi connectivity index (χ1v) is 9.48. The van der Waals surface area contributed by atoms with E-state index in [0.717, 1.165) is 29.6 Å². The summed E-state index contributed by atoms with van der Waals surface area (Å²) in [5.41, 5.74) is 0. The van der Waals surface area contributed by atoms with E-state index in [-0.39, 0.29) is 11.8 Å². The maximum Gasteiger partial charge on any atom is 0.233 e. The lowest BCUT2D eigenvalue weighted by molar-refractivity contribution is -0.133. The fraction of sp³-hybridized carbons (Fsp3) is 0.429. The summed E-state index contributed by atoms with van der Waals surface area (Å²) in [5, 5.41) is 4.88. The second kappa shape index (κ2) is 9.37. The standard InChI is InChI=1S/C21H27N3O3/c1-22-20(25)16-23-11-13-24(14-12-23)21(26)10-5-15-27-19-9-4-7-17-6-2-3-8-18(17)19/h2-4,6-9H,5,10-16H2,1H3,(H,22,25). The first-order valence-electron chi connectivity index (χ1n) is 9.48.